The van der Waals surface area contributed by atoms with E-state index in [1.54, 1.807) is 0 Å². The Morgan fingerprint density at radius 1 is 0.818 bits per heavy atom. The van der Waals surface area contributed by atoms with Gasteiger partial charge in [0, 0.05) is 42.6 Å². The average molecular weight is 482 g/mol. The lowest BCUT2D eigenvalue weighted by Gasteiger charge is -2.44. The molecule has 3 aromatic rings. The highest BCUT2D eigenvalue weighted by atomic mass is 35.5. The Kier molecular flexibility index (Phi) is 6.49. The van der Waals surface area contributed by atoms with Gasteiger partial charge >= 0.3 is 0 Å². The molecule has 2 heterocycles. The summed E-state index contributed by atoms with van der Waals surface area (Å²) < 4.78 is 25.5. The number of aryl methyl sites for hydroxylation is 1. The van der Waals surface area contributed by atoms with Crippen molar-refractivity contribution in [1.82, 2.24) is 4.90 Å². The Hall–Kier alpha value is -2.30. The first-order valence-electron chi connectivity index (χ1n) is 11.4. The van der Waals surface area contributed by atoms with Gasteiger partial charge in [-0.2, -0.15) is 0 Å². The van der Waals surface area contributed by atoms with Crippen LogP contribution in [0.2, 0.25) is 5.02 Å². The van der Waals surface area contributed by atoms with Crippen LogP contribution in [-0.2, 0) is 9.30 Å². The van der Waals surface area contributed by atoms with Crippen molar-refractivity contribution in [3.63, 3.8) is 0 Å². The summed E-state index contributed by atoms with van der Waals surface area (Å²) in [5.74, 6) is -0.377. The van der Waals surface area contributed by atoms with Gasteiger partial charge in [0.25, 0.3) is 7.44 Å². The standard InChI is InChI=1S/C26H29ClN3O2P/c1-21-12-13-24(25(27)20-21)26(28-16-18-32-19-17-28)33(31)29(22-8-4-2-5-9-22)14-15-30(33)23-10-6-3-7-11-23/h2-13,20,26H,14-19H2,1H3. The van der Waals surface area contributed by atoms with Gasteiger partial charge in [0.15, 0.2) is 0 Å². The zero-order valence-electron chi connectivity index (χ0n) is 18.8. The highest BCUT2D eigenvalue weighted by Crippen LogP contribution is 2.70. The molecule has 0 radical (unpaired) electrons. The number of nitrogens with zero attached hydrogens (tertiary/aromatic N) is 3. The molecular weight excluding hydrogens is 453 g/mol. The summed E-state index contributed by atoms with van der Waals surface area (Å²) in [6.07, 6.45) is 0. The molecule has 0 amide bonds. The molecule has 2 saturated heterocycles. The smallest absolute Gasteiger partial charge is 0.284 e. The SMILES string of the molecule is Cc1ccc(C(N2CCOCC2)P2(=O)N(c3ccccc3)CCN2c2ccccc2)c(Cl)c1. The molecule has 2 aliphatic rings. The number of halogens is 1. The van der Waals surface area contributed by atoms with Crippen molar-refractivity contribution >= 4 is 30.4 Å². The Morgan fingerprint density at radius 3 is 1.88 bits per heavy atom. The first-order valence-corrected chi connectivity index (χ1v) is 13.5. The van der Waals surface area contributed by atoms with Crippen LogP contribution < -0.4 is 9.34 Å². The highest BCUT2D eigenvalue weighted by molar-refractivity contribution is 7.67. The Balaban J connectivity index is 1.71. The van der Waals surface area contributed by atoms with Gasteiger partial charge < -0.3 is 14.1 Å². The van der Waals surface area contributed by atoms with E-state index >= 15 is 4.57 Å². The van der Waals surface area contributed by atoms with Crippen LogP contribution >= 0.6 is 19.0 Å². The summed E-state index contributed by atoms with van der Waals surface area (Å²) in [7, 11) is -3.22. The van der Waals surface area contributed by atoms with E-state index in [9.17, 15) is 0 Å². The van der Waals surface area contributed by atoms with E-state index in [4.69, 9.17) is 16.3 Å². The zero-order chi connectivity index (χ0) is 22.8. The van der Waals surface area contributed by atoms with Crippen LogP contribution in [0.25, 0.3) is 0 Å². The predicted molar refractivity (Wildman–Crippen MR) is 137 cm³/mol. The van der Waals surface area contributed by atoms with Gasteiger partial charge in [-0.3, -0.25) is 9.46 Å². The second kappa shape index (κ2) is 9.52. The molecule has 3 aromatic carbocycles. The molecule has 0 saturated carbocycles. The van der Waals surface area contributed by atoms with Crippen LogP contribution in [-0.4, -0.2) is 44.3 Å². The van der Waals surface area contributed by atoms with Crippen LogP contribution in [0, 0.1) is 6.92 Å². The van der Waals surface area contributed by atoms with Gasteiger partial charge in [-0.05, 0) is 48.4 Å². The summed E-state index contributed by atoms with van der Waals surface area (Å²) in [5.41, 5.74) is 3.95. The van der Waals surface area contributed by atoms with Gasteiger partial charge in [-0.1, -0.05) is 60.1 Å². The molecule has 1 unspecified atom stereocenters. The molecule has 0 aromatic heterocycles. The van der Waals surface area contributed by atoms with Crippen molar-refractivity contribution in [1.29, 1.82) is 0 Å². The molecular formula is C26H29ClN3O2P. The number of rotatable bonds is 5. The van der Waals surface area contributed by atoms with E-state index in [0.717, 1.165) is 22.5 Å². The summed E-state index contributed by atoms with van der Waals surface area (Å²) in [6, 6.07) is 26.3. The molecule has 5 rings (SSSR count). The number of hydrogen-bond acceptors (Lipinski definition) is 3. The van der Waals surface area contributed by atoms with Crippen LogP contribution in [0.1, 0.15) is 16.9 Å². The van der Waals surface area contributed by atoms with Crippen molar-refractivity contribution in [2.45, 2.75) is 12.7 Å². The normalized spacial score (nSPS) is 19.6. The van der Waals surface area contributed by atoms with Gasteiger partial charge in [0.2, 0.25) is 0 Å². The third-order valence-corrected chi connectivity index (χ3v) is 10.3. The molecule has 7 heteroatoms. The van der Waals surface area contributed by atoms with E-state index in [0.29, 0.717) is 44.4 Å². The van der Waals surface area contributed by atoms with Crippen LogP contribution in [0.4, 0.5) is 11.4 Å². The number of ether oxygens (including phenoxy) is 1. The monoisotopic (exact) mass is 481 g/mol. The maximum Gasteiger partial charge on any atom is 0.284 e. The van der Waals surface area contributed by atoms with Crippen molar-refractivity contribution in [2.75, 3.05) is 48.7 Å². The number of morpholine rings is 1. The Labute approximate surface area is 201 Å². The average Bonchev–Trinajstić information content (AvgIpc) is 3.20. The number of benzene rings is 3. The maximum absolute atomic E-state index is 15.6. The molecule has 0 N–H and O–H groups in total. The lowest BCUT2D eigenvalue weighted by molar-refractivity contribution is 0.0303. The molecule has 0 spiro atoms. The third-order valence-electron chi connectivity index (χ3n) is 6.47. The largest absolute Gasteiger partial charge is 0.379 e. The number of anilines is 2. The van der Waals surface area contributed by atoms with E-state index in [-0.39, 0.29) is 5.78 Å². The van der Waals surface area contributed by atoms with E-state index in [1.807, 2.05) is 73.7 Å². The van der Waals surface area contributed by atoms with E-state index in [1.165, 1.54) is 0 Å². The third kappa shape index (κ3) is 4.20. The van der Waals surface area contributed by atoms with Crippen molar-refractivity contribution in [3.8, 4) is 0 Å². The summed E-state index contributed by atoms with van der Waals surface area (Å²) in [4.78, 5) is 2.30. The van der Waals surface area contributed by atoms with Crippen LogP contribution in [0.15, 0.2) is 78.9 Å². The fourth-order valence-corrected chi connectivity index (χ4v) is 9.04. The summed E-state index contributed by atoms with van der Waals surface area (Å²) in [6.45, 7) is 6.06. The highest BCUT2D eigenvalue weighted by Gasteiger charge is 2.52. The van der Waals surface area contributed by atoms with E-state index in [2.05, 4.69) is 26.4 Å². The van der Waals surface area contributed by atoms with Crippen molar-refractivity contribution in [3.05, 3.63) is 95.0 Å². The van der Waals surface area contributed by atoms with Gasteiger partial charge in [-0.15, -0.1) is 0 Å². The topological polar surface area (TPSA) is 36.0 Å². The fourth-order valence-electron chi connectivity index (χ4n) is 4.91. The van der Waals surface area contributed by atoms with E-state index < -0.39 is 7.44 Å². The summed E-state index contributed by atoms with van der Waals surface area (Å²) >= 11 is 6.86. The van der Waals surface area contributed by atoms with Crippen LogP contribution in [0.5, 0.6) is 0 Å². The molecule has 33 heavy (non-hydrogen) atoms. The minimum atomic E-state index is -3.22. The number of hydrogen-bond donors (Lipinski definition) is 0. The van der Waals surface area contributed by atoms with Crippen LogP contribution in [0.3, 0.4) is 0 Å². The molecule has 1 atom stereocenters. The second-order valence-corrected chi connectivity index (χ2v) is 11.6. The molecule has 2 aliphatic heterocycles. The minimum absolute atomic E-state index is 0.377. The zero-order valence-corrected chi connectivity index (χ0v) is 20.5. The molecule has 172 valence electrons. The quantitative estimate of drug-likeness (QED) is 0.405. The number of para-hydroxylation sites is 2. The molecule has 0 bridgehead atoms. The second-order valence-electron chi connectivity index (χ2n) is 8.55. The first kappa shape index (κ1) is 22.5. The fraction of sp³-hybridized carbons (Fsp3) is 0.308. The summed E-state index contributed by atoms with van der Waals surface area (Å²) in [5, 5.41) is 0.662. The maximum atomic E-state index is 15.6. The molecule has 2 fully saturated rings. The Bertz CT molecular complexity index is 1090. The lowest BCUT2D eigenvalue weighted by Crippen LogP contribution is -2.42. The predicted octanol–water partition coefficient (Wildman–Crippen LogP) is 6.20. The van der Waals surface area contributed by atoms with Crippen molar-refractivity contribution < 1.29 is 9.30 Å². The molecule has 0 aliphatic carbocycles. The molecule has 5 nitrogen and oxygen atoms in total. The van der Waals surface area contributed by atoms with Crippen molar-refractivity contribution in [2.24, 2.45) is 0 Å². The Morgan fingerprint density at radius 2 is 1.36 bits per heavy atom. The van der Waals surface area contributed by atoms with Gasteiger partial charge in [-0.25, -0.2) is 0 Å². The van der Waals surface area contributed by atoms with Gasteiger partial charge in [0.05, 0.1) is 13.2 Å². The lowest BCUT2D eigenvalue weighted by atomic mass is 10.1. The minimum Gasteiger partial charge on any atom is -0.379 e. The van der Waals surface area contributed by atoms with Gasteiger partial charge in [0.1, 0.15) is 5.78 Å². The first-order chi connectivity index (χ1) is 16.1.